The van der Waals surface area contributed by atoms with Crippen LogP contribution in [0.4, 0.5) is 4.79 Å². The lowest BCUT2D eigenvalue weighted by atomic mass is 10.3. The van der Waals surface area contributed by atoms with E-state index in [1.54, 1.807) is 6.92 Å². The first-order valence-corrected chi connectivity index (χ1v) is 5.69. The molecule has 0 rings (SSSR count). The Hall–Kier alpha value is -1.77. The summed E-state index contributed by atoms with van der Waals surface area (Å²) in [5.41, 5.74) is 0. The minimum absolute atomic E-state index is 0.257. The van der Waals surface area contributed by atoms with E-state index in [0.29, 0.717) is 26.1 Å². The molecule has 0 aromatic heterocycles. The number of carboxylic acids is 1. The van der Waals surface area contributed by atoms with Gasteiger partial charge in [-0.1, -0.05) is 6.92 Å². The molecule has 0 heterocycles. The number of amides is 2. The molecule has 0 bridgehead atoms. The fourth-order valence-electron chi connectivity index (χ4n) is 1.45. The predicted molar refractivity (Wildman–Crippen MR) is 62.4 cm³/mol. The second kappa shape index (κ2) is 8.39. The second-order valence-electron chi connectivity index (χ2n) is 3.59. The van der Waals surface area contributed by atoms with Gasteiger partial charge >= 0.3 is 12.0 Å². The average molecular weight is 241 g/mol. The van der Waals surface area contributed by atoms with Crippen molar-refractivity contribution >= 4 is 12.0 Å². The lowest BCUT2D eigenvalue weighted by Gasteiger charge is -2.28. The van der Waals surface area contributed by atoms with E-state index in [4.69, 9.17) is 10.4 Å². The summed E-state index contributed by atoms with van der Waals surface area (Å²) in [7, 11) is 0. The van der Waals surface area contributed by atoms with Crippen LogP contribution in [-0.4, -0.2) is 53.1 Å². The first-order valence-electron chi connectivity index (χ1n) is 5.69. The zero-order valence-electron chi connectivity index (χ0n) is 10.3. The minimum atomic E-state index is -1.02. The summed E-state index contributed by atoms with van der Waals surface area (Å²) in [6, 6.07) is 1.66. The van der Waals surface area contributed by atoms with Crippen LogP contribution < -0.4 is 0 Å². The average Bonchev–Trinajstić information content (AvgIpc) is 2.28. The van der Waals surface area contributed by atoms with E-state index in [1.807, 2.05) is 13.0 Å². The number of nitriles is 1. The zero-order chi connectivity index (χ0) is 13.3. The number of carboxylic acid groups (broad SMARTS) is 1. The van der Waals surface area contributed by atoms with Crippen LogP contribution in [0.3, 0.4) is 0 Å². The molecule has 0 aliphatic rings. The number of rotatable bonds is 7. The van der Waals surface area contributed by atoms with Gasteiger partial charge in [0.15, 0.2) is 0 Å². The third kappa shape index (κ3) is 5.76. The molecule has 0 radical (unpaired) electrons. The van der Waals surface area contributed by atoms with Gasteiger partial charge in [-0.15, -0.1) is 0 Å². The summed E-state index contributed by atoms with van der Waals surface area (Å²) in [5, 5.41) is 17.2. The standard InChI is InChI=1S/C11H19N3O3/c1-3-7-14(9-10(15)16)11(17)13(4-2)8-5-6-12/h3-5,7-9H2,1-2H3,(H,15,16). The number of hydrogen-bond donors (Lipinski definition) is 1. The summed E-state index contributed by atoms with van der Waals surface area (Å²) in [6.45, 7) is 4.61. The maximum Gasteiger partial charge on any atom is 0.323 e. The molecule has 0 atom stereocenters. The number of carbonyl (C=O) groups excluding carboxylic acids is 1. The van der Waals surface area contributed by atoms with Gasteiger partial charge in [0.2, 0.25) is 0 Å². The number of urea groups is 1. The first kappa shape index (κ1) is 15.2. The number of hydrogen-bond acceptors (Lipinski definition) is 3. The SMILES string of the molecule is CCCN(CC(=O)O)C(=O)N(CC)CCC#N. The van der Waals surface area contributed by atoms with Crippen molar-refractivity contribution in [3.63, 3.8) is 0 Å². The van der Waals surface area contributed by atoms with Gasteiger partial charge in [0.25, 0.3) is 0 Å². The fraction of sp³-hybridized carbons (Fsp3) is 0.727. The molecule has 2 amide bonds. The van der Waals surface area contributed by atoms with Gasteiger partial charge in [0.05, 0.1) is 12.5 Å². The Morgan fingerprint density at radius 2 is 1.88 bits per heavy atom. The van der Waals surface area contributed by atoms with E-state index >= 15 is 0 Å². The molecule has 6 nitrogen and oxygen atoms in total. The van der Waals surface area contributed by atoms with Crippen LogP contribution in [-0.2, 0) is 4.79 Å². The third-order valence-corrected chi connectivity index (χ3v) is 2.24. The largest absolute Gasteiger partial charge is 0.480 e. The van der Waals surface area contributed by atoms with Crippen molar-refractivity contribution < 1.29 is 14.7 Å². The normalized spacial score (nSPS) is 9.47. The predicted octanol–water partition coefficient (Wildman–Crippen LogP) is 1.14. The molecule has 0 fully saturated rings. The molecule has 0 aromatic carbocycles. The number of nitrogens with zero attached hydrogens (tertiary/aromatic N) is 3. The van der Waals surface area contributed by atoms with E-state index in [-0.39, 0.29) is 19.0 Å². The van der Waals surface area contributed by atoms with Gasteiger partial charge < -0.3 is 14.9 Å². The first-order chi connectivity index (χ1) is 8.06. The number of carbonyl (C=O) groups is 2. The van der Waals surface area contributed by atoms with Crippen molar-refractivity contribution in [3.05, 3.63) is 0 Å². The second-order valence-corrected chi connectivity index (χ2v) is 3.59. The summed E-state index contributed by atoms with van der Waals surface area (Å²) in [4.78, 5) is 25.4. The molecule has 1 N–H and O–H groups in total. The lowest BCUT2D eigenvalue weighted by Crippen LogP contribution is -2.46. The highest BCUT2D eigenvalue weighted by molar-refractivity contribution is 5.80. The lowest BCUT2D eigenvalue weighted by molar-refractivity contribution is -0.137. The Labute approximate surface area is 101 Å². The summed E-state index contributed by atoms with van der Waals surface area (Å²) in [5.74, 6) is -1.02. The van der Waals surface area contributed by atoms with Crippen LogP contribution in [0.25, 0.3) is 0 Å². The molecule has 0 aliphatic heterocycles. The molecular weight excluding hydrogens is 222 g/mol. The highest BCUT2D eigenvalue weighted by Gasteiger charge is 2.20. The smallest absolute Gasteiger partial charge is 0.323 e. The van der Waals surface area contributed by atoms with Crippen LogP contribution in [0, 0.1) is 11.3 Å². The van der Waals surface area contributed by atoms with E-state index in [9.17, 15) is 9.59 Å². The van der Waals surface area contributed by atoms with E-state index < -0.39 is 5.97 Å². The molecule has 0 spiro atoms. The zero-order valence-corrected chi connectivity index (χ0v) is 10.3. The highest BCUT2D eigenvalue weighted by atomic mass is 16.4. The Bertz CT molecular complexity index is 299. The minimum Gasteiger partial charge on any atom is -0.480 e. The van der Waals surface area contributed by atoms with Crippen LogP contribution in [0.2, 0.25) is 0 Å². The monoisotopic (exact) mass is 241 g/mol. The Morgan fingerprint density at radius 3 is 2.29 bits per heavy atom. The molecular formula is C11H19N3O3. The van der Waals surface area contributed by atoms with Gasteiger partial charge in [0.1, 0.15) is 6.54 Å². The van der Waals surface area contributed by atoms with Crippen molar-refractivity contribution in [2.24, 2.45) is 0 Å². The van der Waals surface area contributed by atoms with Crippen molar-refractivity contribution in [2.75, 3.05) is 26.2 Å². The molecule has 0 saturated heterocycles. The maximum atomic E-state index is 12.0. The van der Waals surface area contributed by atoms with Crippen molar-refractivity contribution in [1.82, 2.24) is 9.80 Å². The van der Waals surface area contributed by atoms with Crippen LogP contribution >= 0.6 is 0 Å². The van der Waals surface area contributed by atoms with Gasteiger partial charge in [0, 0.05) is 19.6 Å². The fourth-order valence-corrected chi connectivity index (χ4v) is 1.45. The molecule has 6 heteroatoms. The molecule has 0 aromatic rings. The van der Waals surface area contributed by atoms with E-state index in [1.165, 1.54) is 9.80 Å². The van der Waals surface area contributed by atoms with E-state index in [2.05, 4.69) is 0 Å². The topological polar surface area (TPSA) is 84.6 Å². The number of aliphatic carboxylic acids is 1. The van der Waals surface area contributed by atoms with Crippen LogP contribution in [0.1, 0.15) is 26.7 Å². The van der Waals surface area contributed by atoms with Gasteiger partial charge in [-0.25, -0.2) is 4.79 Å². The van der Waals surface area contributed by atoms with Gasteiger partial charge in [-0.3, -0.25) is 4.79 Å². The Kier molecular flexibility index (Phi) is 7.52. The summed E-state index contributed by atoms with van der Waals surface area (Å²) < 4.78 is 0. The van der Waals surface area contributed by atoms with Crippen molar-refractivity contribution in [3.8, 4) is 6.07 Å². The Balaban J connectivity index is 4.54. The van der Waals surface area contributed by atoms with Gasteiger partial charge in [-0.05, 0) is 13.3 Å². The van der Waals surface area contributed by atoms with E-state index in [0.717, 1.165) is 0 Å². The molecule has 0 unspecified atom stereocenters. The summed E-state index contributed by atoms with van der Waals surface area (Å²) >= 11 is 0. The molecule has 0 aliphatic carbocycles. The van der Waals surface area contributed by atoms with Gasteiger partial charge in [-0.2, -0.15) is 5.26 Å². The summed E-state index contributed by atoms with van der Waals surface area (Å²) in [6.07, 6.45) is 0.960. The quantitative estimate of drug-likeness (QED) is 0.724. The van der Waals surface area contributed by atoms with Crippen LogP contribution in [0.5, 0.6) is 0 Å². The molecule has 17 heavy (non-hydrogen) atoms. The third-order valence-electron chi connectivity index (χ3n) is 2.24. The molecule has 96 valence electrons. The van der Waals surface area contributed by atoms with Crippen LogP contribution in [0.15, 0.2) is 0 Å². The Morgan fingerprint density at radius 1 is 1.24 bits per heavy atom. The molecule has 0 saturated carbocycles. The maximum absolute atomic E-state index is 12.0. The highest BCUT2D eigenvalue weighted by Crippen LogP contribution is 2.02. The van der Waals surface area contributed by atoms with Crippen molar-refractivity contribution in [1.29, 1.82) is 5.26 Å². The van der Waals surface area contributed by atoms with Crippen molar-refractivity contribution in [2.45, 2.75) is 26.7 Å².